The number of carbonyl (C=O) groups excluding carboxylic acids is 1. The van der Waals surface area contributed by atoms with Crippen LogP contribution in [0.1, 0.15) is 23.0 Å². The Bertz CT molecular complexity index is 1100. The number of halogens is 2. The Kier molecular flexibility index (Phi) is 5.23. The van der Waals surface area contributed by atoms with Crippen LogP contribution in [0.5, 0.6) is 0 Å². The zero-order chi connectivity index (χ0) is 20.7. The molecule has 0 saturated carbocycles. The van der Waals surface area contributed by atoms with Crippen molar-refractivity contribution in [1.82, 2.24) is 4.57 Å². The molecule has 148 valence electrons. The Hall–Kier alpha value is -2.41. The molecule has 3 rings (SSSR count). The van der Waals surface area contributed by atoms with Crippen LogP contribution in [0.4, 0.5) is 10.1 Å². The summed E-state index contributed by atoms with van der Waals surface area (Å²) >= 11 is 6.24. The van der Waals surface area contributed by atoms with Crippen molar-refractivity contribution in [3.8, 4) is 6.07 Å². The second-order valence-electron chi connectivity index (χ2n) is 7.09. The molecule has 1 amide bonds. The number of hydrogen-bond acceptors (Lipinski definition) is 5. The maximum atomic E-state index is 13.4. The van der Waals surface area contributed by atoms with Crippen molar-refractivity contribution < 1.29 is 22.3 Å². The zero-order valence-corrected chi connectivity index (χ0v) is 16.7. The predicted octanol–water partition coefficient (Wildman–Crippen LogP) is 2.75. The molecule has 7 nitrogen and oxygen atoms in total. The third kappa shape index (κ3) is 3.76. The second kappa shape index (κ2) is 7.20. The highest BCUT2D eigenvalue weighted by atomic mass is 35.5. The van der Waals surface area contributed by atoms with Gasteiger partial charge in [-0.25, -0.2) is 12.8 Å². The van der Waals surface area contributed by atoms with Crippen molar-refractivity contribution >= 4 is 33.0 Å². The number of nitrogens with zero attached hydrogens (tertiary/aromatic N) is 2. The van der Waals surface area contributed by atoms with Gasteiger partial charge in [-0.2, -0.15) is 5.26 Å². The molecule has 0 spiro atoms. The molecule has 1 aromatic carbocycles. The monoisotopic (exact) mass is 425 g/mol. The van der Waals surface area contributed by atoms with Gasteiger partial charge in [-0.05, 0) is 18.2 Å². The van der Waals surface area contributed by atoms with E-state index in [9.17, 15) is 17.6 Å². The largest absolute Gasteiger partial charge is 0.380 e. The molecule has 1 N–H and O–H groups in total. The number of anilines is 1. The minimum absolute atomic E-state index is 0.0573. The maximum absolute atomic E-state index is 13.4. The SMILES string of the molecule is Cn1cc(S(=O)(=O)CC2(C)COC2)c(Cl)c1C(=O)Nc1ccc(F)c(C#N)c1. The zero-order valence-electron chi connectivity index (χ0n) is 15.1. The summed E-state index contributed by atoms with van der Waals surface area (Å²) in [5, 5.41) is 11.2. The Balaban J connectivity index is 1.89. The molecule has 0 bridgehead atoms. The van der Waals surface area contributed by atoms with Crippen LogP contribution < -0.4 is 5.32 Å². The lowest BCUT2D eigenvalue weighted by Crippen LogP contribution is -2.45. The molecule has 1 saturated heterocycles. The van der Waals surface area contributed by atoms with Gasteiger partial charge in [0.2, 0.25) is 0 Å². The summed E-state index contributed by atoms with van der Waals surface area (Å²) < 4.78 is 45.4. The number of sulfone groups is 1. The van der Waals surface area contributed by atoms with Crippen LogP contribution in [-0.4, -0.2) is 37.9 Å². The number of carbonyl (C=O) groups is 1. The van der Waals surface area contributed by atoms with Crippen molar-refractivity contribution in [1.29, 1.82) is 5.26 Å². The minimum Gasteiger partial charge on any atom is -0.380 e. The van der Waals surface area contributed by atoms with Gasteiger partial charge in [0.25, 0.3) is 5.91 Å². The van der Waals surface area contributed by atoms with E-state index in [1.807, 2.05) is 0 Å². The number of aryl methyl sites for hydroxylation is 1. The van der Waals surface area contributed by atoms with Gasteiger partial charge < -0.3 is 14.6 Å². The fourth-order valence-corrected chi connectivity index (χ4v) is 5.54. The van der Waals surface area contributed by atoms with E-state index >= 15 is 0 Å². The summed E-state index contributed by atoms with van der Waals surface area (Å²) in [7, 11) is -2.24. The molecule has 2 heterocycles. The molecular weight excluding hydrogens is 409 g/mol. The smallest absolute Gasteiger partial charge is 0.273 e. The van der Waals surface area contributed by atoms with Gasteiger partial charge in [0.05, 0.1) is 29.6 Å². The molecule has 0 aliphatic carbocycles. The van der Waals surface area contributed by atoms with Gasteiger partial charge in [0.1, 0.15) is 22.5 Å². The van der Waals surface area contributed by atoms with E-state index in [2.05, 4.69) is 5.32 Å². The summed E-state index contributed by atoms with van der Waals surface area (Å²) in [5.74, 6) is -1.53. The van der Waals surface area contributed by atoms with Crippen molar-refractivity contribution in [2.24, 2.45) is 12.5 Å². The van der Waals surface area contributed by atoms with Gasteiger partial charge >= 0.3 is 0 Å². The molecule has 0 radical (unpaired) electrons. The van der Waals surface area contributed by atoms with E-state index in [1.54, 1.807) is 13.0 Å². The van der Waals surface area contributed by atoms with Gasteiger partial charge in [0.15, 0.2) is 9.84 Å². The lowest BCUT2D eigenvalue weighted by Gasteiger charge is -2.37. The van der Waals surface area contributed by atoms with Crippen LogP contribution in [-0.2, 0) is 21.6 Å². The number of nitrogens with one attached hydrogen (secondary N) is 1. The molecule has 1 aliphatic rings. The number of ether oxygens (including phenoxy) is 1. The Labute approximate surface area is 166 Å². The maximum Gasteiger partial charge on any atom is 0.273 e. The summed E-state index contributed by atoms with van der Waals surface area (Å²) in [6.45, 7) is 2.49. The van der Waals surface area contributed by atoms with Crippen molar-refractivity contribution in [3.63, 3.8) is 0 Å². The number of benzene rings is 1. The normalized spacial score (nSPS) is 15.5. The van der Waals surface area contributed by atoms with Gasteiger partial charge in [-0.1, -0.05) is 18.5 Å². The minimum atomic E-state index is -3.74. The molecule has 0 unspecified atom stereocenters. The molecule has 10 heteroatoms. The van der Waals surface area contributed by atoms with Crippen LogP contribution in [0.15, 0.2) is 29.3 Å². The predicted molar refractivity (Wildman–Crippen MR) is 100 cm³/mol. The molecule has 2 aromatic rings. The first-order chi connectivity index (χ1) is 13.1. The van der Waals surface area contributed by atoms with E-state index < -0.39 is 27.0 Å². The summed E-state index contributed by atoms with van der Waals surface area (Å²) in [5.41, 5.74) is -0.584. The van der Waals surface area contributed by atoms with E-state index in [0.29, 0.717) is 13.2 Å². The third-order valence-corrected chi connectivity index (χ3v) is 6.97. The number of nitriles is 1. The van der Waals surface area contributed by atoms with Crippen LogP contribution in [0.25, 0.3) is 0 Å². The Morgan fingerprint density at radius 1 is 1.46 bits per heavy atom. The molecule has 1 aromatic heterocycles. The molecule has 1 aliphatic heterocycles. The fraction of sp³-hybridized carbons (Fsp3) is 0.333. The van der Waals surface area contributed by atoms with E-state index in [-0.39, 0.29) is 32.6 Å². The standard InChI is InChI=1S/C18H17ClFN3O4S/c1-18(8-27-9-18)10-28(25,26)14-7-23(2)16(15(14)19)17(24)22-12-3-4-13(20)11(5-12)6-21/h3-5,7H,8-10H2,1-2H3,(H,22,24). The van der Waals surface area contributed by atoms with Crippen LogP contribution in [0.2, 0.25) is 5.02 Å². The highest BCUT2D eigenvalue weighted by molar-refractivity contribution is 7.91. The van der Waals surface area contributed by atoms with Gasteiger partial charge in [0, 0.05) is 24.3 Å². The Morgan fingerprint density at radius 2 is 2.14 bits per heavy atom. The average molecular weight is 426 g/mol. The Morgan fingerprint density at radius 3 is 2.71 bits per heavy atom. The summed E-state index contributed by atoms with van der Waals surface area (Å²) in [4.78, 5) is 12.5. The third-order valence-electron chi connectivity index (χ3n) is 4.42. The van der Waals surface area contributed by atoms with Crippen LogP contribution in [0.3, 0.4) is 0 Å². The number of rotatable bonds is 5. The van der Waals surface area contributed by atoms with Gasteiger partial charge in [-0.15, -0.1) is 0 Å². The van der Waals surface area contributed by atoms with E-state index in [1.165, 1.54) is 29.9 Å². The highest BCUT2D eigenvalue weighted by Gasteiger charge is 2.40. The van der Waals surface area contributed by atoms with Crippen molar-refractivity contribution in [2.75, 3.05) is 24.3 Å². The van der Waals surface area contributed by atoms with Crippen molar-refractivity contribution in [2.45, 2.75) is 11.8 Å². The first-order valence-corrected chi connectivity index (χ1v) is 10.3. The van der Waals surface area contributed by atoms with E-state index in [0.717, 1.165) is 6.07 Å². The van der Waals surface area contributed by atoms with E-state index in [4.69, 9.17) is 21.6 Å². The number of amides is 1. The highest BCUT2D eigenvalue weighted by Crippen LogP contribution is 2.35. The average Bonchev–Trinajstić information content (AvgIpc) is 2.90. The fourth-order valence-electron chi connectivity index (χ4n) is 2.99. The first-order valence-electron chi connectivity index (χ1n) is 8.23. The molecule has 28 heavy (non-hydrogen) atoms. The van der Waals surface area contributed by atoms with Crippen molar-refractivity contribution in [3.05, 3.63) is 46.5 Å². The molecular formula is C18H17ClFN3O4S. The first kappa shape index (κ1) is 20.3. The second-order valence-corrected chi connectivity index (χ2v) is 9.43. The summed E-state index contributed by atoms with van der Waals surface area (Å²) in [6, 6.07) is 5.21. The lowest BCUT2D eigenvalue weighted by atomic mass is 9.92. The number of aromatic nitrogens is 1. The summed E-state index contributed by atoms with van der Waals surface area (Å²) in [6.07, 6.45) is 1.29. The number of hydrogen-bond donors (Lipinski definition) is 1. The van der Waals surface area contributed by atoms with Gasteiger partial charge in [-0.3, -0.25) is 4.79 Å². The van der Waals surface area contributed by atoms with Crippen LogP contribution >= 0.6 is 11.6 Å². The molecule has 0 atom stereocenters. The lowest BCUT2D eigenvalue weighted by molar-refractivity contribution is -0.0870. The van der Waals surface area contributed by atoms with Crippen LogP contribution in [0, 0.1) is 22.6 Å². The topological polar surface area (TPSA) is 101 Å². The molecule has 1 fully saturated rings. The quantitative estimate of drug-likeness (QED) is 0.793.